The number of hydrogen-bond donors (Lipinski definition) is 1. The summed E-state index contributed by atoms with van der Waals surface area (Å²) in [5.41, 5.74) is 1.22. The summed E-state index contributed by atoms with van der Waals surface area (Å²) >= 11 is 3.43. The van der Waals surface area contributed by atoms with E-state index >= 15 is 0 Å². The summed E-state index contributed by atoms with van der Waals surface area (Å²) in [6, 6.07) is 8.70. The molecule has 2 rings (SSSR count). The third-order valence-corrected chi connectivity index (χ3v) is 4.40. The van der Waals surface area contributed by atoms with E-state index in [1.54, 1.807) is 0 Å². The van der Waals surface area contributed by atoms with Crippen molar-refractivity contribution in [2.45, 2.75) is 31.7 Å². The van der Waals surface area contributed by atoms with Crippen LogP contribution in [-0.4, -0.2) is 37.0 Å². The van der Waals surface area contributed by atoms with E-state index in [4.69, 9.17) is 0 Å². The molecule has 1 N–H and O–H groups in total. The van der Waals surface area contributed by atoms with Gasteiger partial charge in [0.05, 0.1) is 0 Å². The first-order valence-electron chi connectivity index (χ1n) is 6.80. The zero-order chi connectivity index (χ0) is 13.8. The van der Waals surface area contributed by atoms with Gasteiger partial charge in [0.1, 0.15) is 0 Å². The van der Waals surface area contributed by atoms with Crippen molar-refractivity contribution in [3.63, 3.8) is 0 Å². The van der Waals surface area contributed by atoms with Gasteiger partial charge < -0.3 is 10.2 Å². The molecule has 1 aromatic rings. The Morgan fingerprint density at radius 3 is 2.74 bits per heavy atom. The molecule has 1 amide bonds. The summed E-state index contributed by atoms with van der Waals surface area (Å²) in [7, 11) is 1.96. The van der Waals surface area contributed by atoms with Crippen LogP contribution < -0.4 is 5.32 Å². The minimum absolute atomic E-state index is 0.271. The second kappa shape index (κ2) is 6.53. The van der Waals surface area contributed by atoms with Crippen LogP contribution in [0, 0.1) is 0 Å². The van der Waals surface area contributed by atoms with E-state index in [1.807, 2.05) is 24.1 Å². The number of nitrogens with zero attached hydrogens (tertiary/aromatic N) is 1. The molecule has 0 aliphatic carbocycles. The molecule has 0 aromatic heterocycles. The van der Waals surface area contributed by atoms with Gasteiger partial charge in [-0.1, -0.05) is 35.0 Å². The van der Waals surface area contributed by atoms with Gasteiger partial charge in [0.2, 0.25) is 5.91 Å². The molecule has 3 nitrogen and oxygen atoms in total. The van der Waals surface area contributed by atoms with Crippen molar-refractivity contribution in [3.8, 4) is 0 Å². The molecule has 19 heavy (non-hydrogen) atoms. The number of carbonyl (C=O) groups is 1. The van der Waals surface area contributed by atoms with Crippen molar-refractivity contribution in [1.82, 2.24) is 10.2 Å². The van der Waals surface area contributed by atoms with Crippen LogP contribution in [0.25, 0.3) is 0 Å². The number of hydrogen-bond acceptors (Lipinski definition) is 2. The minimum Gasteiger partial charge on any atom is -0.341 e. The van der Waals surface area contributed by atoms with E-state index in [1.165, 1.54) is 5.56 Å². The van der Waals surface area contributed by atoms with Crippen LogP contribution in [0.15, 0.2) is 28.7 Å². The Kier molecular flexibility index (Phi) is 4.99. The number of likely N-dealkylation sites (tertiary alicyclic amines) is 1. The first kappa shape index (κ1) is 14.5. The van der Waals surface area contributed by atoms with Gasteiger partial charge in [-0.3, -0.25) is 4.79 Å². The maximum Gasteiger partial charge on any atom is 0.223 e. The maximum atomic E-state index is 12.2. The molecule has 1 aromatic carbocycles. The highest BCUT2D eigenvalue weighted by atomic mass is 79.9. The fraction of sp³-hybridized carbons (Fsp3) is 0.533. The molecule has 2 unspecified atom stereocenters. The highest BCUT2D eigenvalue weighted by Gasteiger charge is 2.25. The first-order valence-corrected chi connectivity index (χ1v) is 7.60. The normalized spacial score (nSPS) is 20.6. The topological polar surface area (TPSA) is 32.3 Å². The van der Waals surface area contributed by atoms with E-state index in [-0.39, 0.29) is 11.8 Å². The number of likely N-dealkylation sites (N-methyl/N-ethyl adjacent to an activating group) is 1. The Morgan fingerprint density at radius 1 is 1.47 bits per heavy atom. The number of amides is 1. The van der Waals surface area contributed by atoms with Crippen LogP contribution in [0.4, 0.5) is 0 Å². The molecule has 104 valence electrons. The lowest BCUT2D eigenvalue weighted by Gasteiger charge is -2.19. The van der Waals surface area contributed by atoms with Crippen molar-refractivity contribution in [2.24, 2.45) is 0 Å². The average molecular weight is 325 g/mol. The Hall–Kier alpha value is -0.870. The van der Waals surface area contributed by atoms with E-state index in [2.05, 4.69) is 40.3 Å². The molecule has 0 spiro atoms. The average Bonchev–Trinajstić information content (AvgIpc) is 2.88. The SMILES string of the molecule is CNC1CCN(C(=O)CC(C)c2ccc(Br)cc2)C1. The third-order valence-electron chi connectivity index (χ3n) is 3.87. The highest BCUT2D eigenvalue weighted by Crippen LogP contribution is 2.23. The molecule has 0 radical (unpaired) electrons. The van der Waals surface area contributed by atoms with Crippen LogP contribution in [0.3, 0.4) is 0 Å². The van der Waals surface area contributed by atoms with E-state index in [0.717, 1.165) is 24.0 Å². The van der Waals surface area contributed by atoms with Crippen molar-refractivity contribution < 1.29 is 4.79 Å². The lowest BCUT2D eigenvalue weighted by Crippen LogP contribution is -2.33. The maximum absolute atomic E-state index is 12.2. The van der Waals surface area contributed by atoms with Gasteiger partial charge in [-0.05, 0) is 37.1 Å². The zero-order valence-electron chi connectivity index (χ0n) is 11.5. The van der Waals surface area contributed by atoms with Gasteiger partial charge in [-0.25, -0.2) is 0 Å². The Bertz CT molecular complexity index is 432. The van der Waals surface area contributed by atoms with Gasteiger partial charge in [0.25, 0.3) is 0 Å². The minimum atomic E-state index is 0.271. The van der Waals surface area contributed by atoms with Crippen LogP contribution >= 0.6 is 15.9 Å². The zero-order valence-corrected chi connectivity index (χ0v) is 13.1. The van der Waals surface area contributed by atoms with Gasteiger partial charge in [-0.15, -0.1) is 0 Å². The van der Waals surface area contributed by atoms with Gasteiger partial charge >= 0.3 is 0 Å². The van der Waals surface area contributed by atoms with Gasteiger partial charge in [0, 0.05) is 30.0 Å². The predicted octanol–water partition coefficient (Wildman–Crippen LogP) is 2.76. The summed E-state index contributed by atoms with van der Waals surface area (Å²) in [6.45, 7) is 3.85. The van der Waals surface area contributed by atoms with Crippen molar-refractivity contribution >= 4 is 21.8 Å². The third kappa shape index (κ3) is 3.80. The van der Waals surface area contributed by atoms with Crippen LogP contribution in [0.2, 0.25) is 0 Å². The second-order valence-electron chi connectivity index (χ2n) is 5.27. The molecule has 1 fully saturated rings. The highest BCUT2D eigenvalue weighted by molar-refractivity contribution is 9.10. The second-order valence-corrected chi connectivity index (χ2v) is 6.19. The Labute approximate surface area is 123 Å². The number of rotatable bonds is 4. The summed E-state index contributed by atoms with van der Waals surface area (Å²) in [6.07, 6.45) is 1.66. The molecular formula is C15H21BrN2O. The van der Waals surface area contributed by atoms with Crippen LogP contribution in [0.5, 0.6) is 0 Å². The molecule has 0 bridgehead atoms. The number of nitrogens with one attached hydrogen (secondary N) is 1. The smallest absolute Gasteiger partial charge is 0.223 e. The Balaban J connectivity index is 1.90. The molecule has 2 atom stereocenters. The molecule has 0 saturated carbocycles. The van der Waals surface area contributed by atoms with E-state index in [0.29, 0.717) is 12.5 Å². The fourth-order valence-electron chi connectivity index (χ4n) is 2.52. The molecule has 4 heteroatoms. The molecule has 1 aliphatic heterocycles. The molecule has 1 aliphatic rings. The van der Waals surface area contributed by atoms with Gasteiger partial charge in [0.15, 0.2) is 0 Å². The largest absolute Gasteiger partial charge is 0.341 e. The fourth-order valence-corrected chi connectivity index (χ4v) is 2.79. The lowest BCUT2D eigenvalue weighted by atomic mass is 9.97. The summed E-state index contributed by atoms with van der Waals surface area (Å²) < 4.78 is 1.08. The number of benzene rings is 1. The molecule has 1 heterocycles. The Morgan fingerprint density at radius 2 is 2.16 bits per heavy atom. The summed E-state index contributed by atoms with van der Waals surface area (Å²) in [4.78, 5) is 14.2. The van der Waals surface area contributed by atoms with Crippen LogP contribution in [0.1, 0.15) is 31.2 Å². The van der Waals surface area contributed by atoms with Crippen molar-refractivity contribution in [1.29, 1.82) is 0 Å². The molecule has 1 saturated heterocycles. The summed E-state index contributed by atoms with van der Waals surface area (Å²) in [5, 5.41) is 3.24. The standard InChI is InChI=1S/C15H21BrN2O/c1-11(12-3-5-13(16)6-4-12)9-15(19)18-8-7-14(10-18)17-2/h3-6,11,14,17H,7-10H2,1-2H3. The first-order chi connectivity index (χ1) is 9.10. The van der Waals surface area contributed by atoms with Gasteiger partial charge in [-0.2, -0.15) is 0 Å². The summed E-state index contributed by atoms with van der Waals surface area (Å²) in [5.74, 6) is 0.544. The monoisotopic (exact) mass is 324 g/mol. The predicted molar refractivity (Wildman–Crippen MR) is 81.2 cm³/mol. The lowest BCUT2D eigenvalue weighted by molar-refractivity contribution is -0.130. The molecular weight excluding hydrogens is 304 g/mol. The van der Waals surface area contributed by atoms with E-state index in [9.17, 15) is 4.79 Å². The van der Waals surface area contributed by atoms with Crippen molar-refractivity contribution in [3.05, 3.63) is 34.3 Å². The number of halogens is 1. The van der Waals surface area contributed by atoms with Crippen LogP contribution in [-0.2, 0) is 4.79 Å². The van der Waals surface area contributed by atoms with Crippen molar-refractivity contribution in [2.75, 3.05) is 20.1 Å². The number of carbonyl (C=O) groups excluding carboxylic acids is 1. The van der Waals surface area contributed by atoms with E-state index < -0.39 is 0 Å². The quantitative estimate of drug-likeness (QED) is 0.923.